The Morgan fingerprint density at radius 2 is 1.73 bits per heavy atom. The van der Waals surface area contributed by atoms with Gasteiger partial charge in [-0.15, -0.1) is 0 Å². The molecule has 0 spiro atoms. The summed E-state index contributed by atoms with van der Waals surface area (Å²) in [5.74, 6) is 1.33. The van der Waals surface area contributed by atoms with Crippen molar-refractivity contribution in [2.45, 2.75) is 0 Å². The van der Waals surface area contributed by atoms with Gasteiger partial charge in [-0.25, -0.2) is 4.39 Å². The second-order valence-electron chi connectivity index (χ2n) is 7.76. The molecule has 0 bridgehead atoms. The Morgan fingerprint density at radius 3 is 2.51 bits per heavy atom. The zero-order valence-electron chi connectivity index (χ0n) is 19.7. The molecular weight excluding hydrogens is 501 g/mol. The molecule has 1 aliphatic rings. The second-order valence-corrected chi connectivity index (χ2v) is 8.17. The van der Waals surface area contributed by atoms with E-state index < -0.39 is 11.7 Å². The number of aromatic nitrogens is 1. The van der Waals surface area contributed by atoms with Crippen molar-refractivity contribution in [3.8, 4) is 34.5 Å². The summed E-state index contributed by atoms with van der Waals surface area (Å²) in [6.07, 6.45) is 1.55. The maximum absolute atomic E-state index is 14.9. The fourth-order valence-electron chi connectivity index (χ4n) is 3.69. The first-order valence-electron chi connectivity index (χ1n) is 11.0. The highest BCUT2D eigenvalue weighted by Gasteiger charge is 2.17. The number of fused-ring (bicyclic) bond motifs is 2. The second kappa shape index (κ2) is 10.2. The number of nitrogens with one attached hydrogen (secondary N) is 2. The summed E-state index contributed by atoms with van der Waals surface area (Å²) >= 11 is 5.21. The lowest BCUT2D eigenvalue weighted by Gasteiger charge is -2.14. The topological polar surface area (TPSA) is 100 Å². The summed E-state index contributed by atoms with van der Waals surface area (Å²) in [5.41, 5.74) is 1.26. The van der Waals surface area contributed by atoms with Gasteiger partial charge in [0, 0.05) is 35.0 Å². The van der Waals surface area contributed by atoms with E-state index in [9.17, 15) is 9.18 Å². The number of benzene rings is 3. The van der Waals surface area contributed by atoms with Gasteiger partial charge in [0.25, 0.3) is 5.91 Å². The Hall–Kier alpha value is -4.64. The van der Waals surface area contributed by atoms with E-state index in [4.69, 9.17) is 35.9 Å². The van der Waals surface area contributed by atoms with Crippen LogP contribution < -0.4 is 34.3 Å². The molecular formula is C26H20FN3O6S. The van der Waals surface area contributed by atoms with Crippen LogP contribution in [0.4, 0.5) is 10.1 Å². The highest BCUT2D eigenvalue weighted by molar-refractivity contribution is 7.80. The molecule has 2 N–H and O–H groups in total. The summed E-state index contributed by atoms with van der Waals surface area (Å²) in [7, 11) is 3.05. The normalized spacial score (nSPS) is 11.6. The fourth-order valence-corrected chi connectivity index (χ4v) is 3.90. The number of hydrogen-bond acceptors (Lipinski definition) is 8. The van der Waals surface area contributed by atoms with Crippen LogP contribution in [0, 0.1) is 5.82 Å². The third-order valence-electron chi connectivity index (χ3n) is 5.48. The third-order valence-corrected chi connectivity index (χ3v) is 5.68. The van der Waals surface area contributed by atoms with Gasteiger partial charge in [0.05, 0.1) is 19.7 Å². The van der Waals surface area contributed by atoms with Gasteiger partial charge < -0.3 is 29.0 Å². The third kappa shape index (κ3) is 5.02. The van der Waals surface area contributed by atoms with E-state index in [1.54, 1.807) is 48.7 Å². The van der Waals surface area contributed by atoms with Crippen LogP contribution in [0.1, 0.15) is 10.4 Å². The van der Waals surface area contributed by atoms with E-state index >= 15 is 0 Å². The number of methoxy groups -OCH3 is 2. The van der Waals surface area contributed by atoms with E-state index in [2.05, 4.69) is 15.6 Å². The minimum Gasteiger partial charge on any atom is -0.493 e. The van der Waals surface area contributed by atoms with Crippen LogP contribution >= 0.6 is 12.2 Å². The quantitative estimate of drug-likeness (QED) is 0.338. The largest absolute Gasteiger partial charge is 0.493 e. The first-order valence-corrected chi connectivity index (χ1v) is 11.4. The molecule has 4 aromatic rings. The molecule has 3 aromatic carbocycles. The Balaban J connectivity index is 1.28. The number of ether oxygens (including phenoxy) is 5. The number of hydrogen-bond donors (Lipinski definition) is 2. The van der Waals surface area contributed by atoms with Gasteiger partial charge in [0.1, 0.15) is 5.75 Å². The Kier molecular flexibility index (Phi) is 6.60. The van der Waals surface area contributed by atoms with Crippen LogP contribution in [0.3, 0.4) is 0 Å². The summed E-state index contributed by atoms with van der Waals surface area (Å²) in [6, 6.07) is 14.1. The number of carbonyl (C=O) groups excluding carboxylic acids is 1. The molecule has 2 heterocycles. The molecule has 1 amide bonds. The van der Waals surface area contributed by atoms with Crippen molar-refractivity contribution >= 4 is 39.8 Å². The van der Waals surface area contributed by atoms with Gasteiger partial charge in [-0.1, -0.05) is 0 Å². The highest BCUT2D eigenvalue weighted by Crippen LogP contribution is 2.37. The number of pyridine rings is 1. The molecule has 0 fully saturated rings. The first kappa shape index (κ1) is 24.1. The van der Waals surface area contributed by atoms with Crippen LogP contribution in [0.2, 0.25) is 0 Å². The summed E-state index contributed by atoms with van der Waals surface area (Å²) in [5, 5.41) is 5.96. The van der Waals surface area contributed by atoms with Gasteiger partial charge in [-0.2, -0.15) is 0 Å². The molecule has 5 rings (SSSR count). The van der Waals surface area contributed by atoms with E-state index in [1.807, 2.05) is 0 Å². The van der Waals surface area contributed by atoms with Gasteiger partial charge in [-0.05, 0) is 54.7 Å². The summed E-state index contributed by atoms with van der Waals surface area (Å²) in [4.78, 5) is 16.8. The Bertz CT molecular complexity index is 1530. The molecule has 9 nitrogen and oxygen atoms in total. The molecule has 11 heteroatoms. The van der Waals surface area contributed by atoms with E-state index in [0.717, 1.165) is 0 Å². The summed E-state index contributed by atoms with van der Waals surface area (Å²) < 4.78 is 42.0. The zero-order valence-corrected chi connectivity index (χ0v) is 20.5. The number of amides is 1. The molecule has 37 heavy (non-hydrogen) atoms. The molecule has 0 saturated heterocycles. The van der Waals surface area contributed by atoms with Crippen LogP contribution in [0.15, 0.2) is 60.8 Å². The maximum Gasteiger partial charge on any atom is 0.257 e. The molecule has 0 saturated carbocycles. The van der Waals surface area contributed by atoms with Crippen LogP contribution in [0.25, 0.3) is 10.9 Å². The van der Waals surface area contributed by atoms with Gasteiger partial charge >= 0.3 is 0 Å². The van der Waals surface area contributed by atoms with E-state index in [0.29, 0.717) is 50.9 Å². The monoisotopic (exact) mass is 521 g/mol. The van der Waals surface area contributed by atoms with Crippen molar-refractivity contribution in [1.29, 1.82) is 0 Å². The summed E-state index contributed by atoms with van der Waals surface area (Å²) in [6.45, 7) is 0.103. The maximum atomic E-state index is 14.9. The lowest BCUT2D eigenvalue weighted by atomic mass is 10.2. The van der Waals surface area contributed by atoms with Gasteiger partial charge in [-0.3, -0.25) is 15.1 Å². The van der Waals surface area contributed by atoms with Crippen molar-refractivity contribution in [2.75, 3.05) is 26.3 Å². The van der Waals surface area contributed by atoms with Gasteiger partial charge in [0.2, 0.25) is 6.79 Å². The average molecular weight is 522 g/mol. The molecule has 0 atom stereocenters. The Morgan fingerprint density at radius 1 is 0.946 bits per heavy atom. The number of halogens is 1. The van der Waals surface area contributed by atoms with Crippen LogP contribution in [0.5, 0.6) is 34.5 Å². The zero-order chi connectivity index (χ0) is 25.9. The highest BCUT2D eigenvalue weighted by atomic mass is 32.1. The van der Waals surface area contributed by atoms with Crippen LogP contribution in [-0.4, -0.2) is 37.0 Å². The minimum atomic E-state index is -0.639. The number of nitrogens with zero attached hydrogens (tertiary/aromatic N) is 1. The smallest absolute Gasteiger partial charge is 0.257 e. The van der Waals surface area contributed by atoms with Crippen molar-refractivity contribution in [1.82, 2.24) is 10.3 Å². The van der Waals surface area contributed by atoms with Crippen molar-refractivity contribution in [2.24, 2.45) is 0 Å². The van der Waals surface area contributed by atoms with Crippen LogP contribution in [-0.2, 0) is 0 Å². The number of anilines is 1. The number of rotatable bonds is 6. The van der Waals surface area contributed by atoms with Crippen molar-refractivity contribution < 1.29 is 32.9 Å². The van der Waals surface area contributed by atoms with Gasteiger partial charge in [0.15, 0.2) is 39.7 Å². The molecule has 188 valence electrons. The van der Waals surface area contributed by atoms with E-state index in [1.165, 1.54) is 26.4 Å². The SMILES string of the molecule is COc1cc2nccc(Oc3ccc(NC(=S)NC(=O)c4ccc5c(c4)OCO5)cc3F)c2cc1OC. The lowest BCUT2D eigenvalue weighted by molar-refractivity contribution is 0.0977. The van der Waals surface area contributed by atoms with Crippen molar-refractivity contribution in [3.63, 3.8) is 0 Å². The van der Waals surface area contributed by atoms with E-state index in [-0.39, 0.29) is 17.7 Å². The fraction of sp³-hybridized carbons (Fsp3) is 0.115. The minimum absolute atomic E-state index is 0.00287. The molecule has 0 aliphatic carbocycles. The predicted molar refractivity (Wildman–Crippen MR) is 138 cm³/mol. The average Bonchev–Trinajstić information content (AvgIpc) is 3.37. The molecule has 1 aliphatic heterocycles. The number of carbonyl (C=O) groups is 1. The van der Waals surface area contributed by atoms with Crippen molar-refractivity contribution in [3.05, 3.63) is 72.2 Å². The first-order chi connectivity index (χ1) is 17.9. The molecule has 0 unspecified atom stereocenters. The lowest BCUT2D eigenvalue weighted by Crippen LogP contribution is -2.34. The Labute approximate surface area is 216 Å². The molecule has 1 aromatic heterocycles. The molecule has 0 radical (unpaired) electrons. The standard InChI is InChI=1S/C26H20FN3O6S/c1-32-22-11-16-18(12-23(22)33-2)28-8-7-19(16)36-20-6-4-15(10-17(20)27)29-26(37)30-25(31)14-3-5-21-24(9-14)35-13-34-21/h3-12H,13H2,1-2H3,(H2,29,30,31,37). The predicted octanol–water partition coefficient (Wildman–Crippen LogP) is 5.04. The number of thiocarbonyl (C=S) groups is 1.